The summed E-state index contributed by atoms with van der Waals surface area (Å²) in [5, 5.41) is 26.4. The molecule has 174 valence electrons. The highest BCUT2D eigenvalue weighted by molar-refractivity contribution is 7.99. The van der Waals surface area contributed by atoms with E-state index in [9.17, 15) is 10.1 Å². The van der Waals surface area contributed by atoms with Crippen LogP contribution in [0, 0.1) is 11.3 Å². The van der Waals surface area contributed by atoms with E-state index in [1.54, 1.807) is 22.7 Å². The smallest absolute Gasteiger partial charge is 0.235 e. The number of aryl methyl sites for hydroxylation is 1. The Morgan fingerprint density at radius 1 is 1.24 bits per heavy atom. The maximum atomic E-state index is 12.8. The first-order valence-corrected chi connectivity index (χ1v) is 14.2. The lowest BCUT2D eigenvalue weighted by Crippen LogP contribution is -2.14. The number of thioether (sulfide) groups is 1. The Balaban J connectivity index is 1.33. The van der Waals surface area contributed by atoms with E-state index >= 15 is 0 Å². The van der Waals surface area contributed by atoms with Gasteiger partial charge < -0.3 is 9.88 Å². The second-order valence-electron chi connectivity index (χ2n) is 8.32. The summed E-state index contributed by atoms with van der Waals surface area (Å²) in [6.45, 7) is 2.91. The molecule has 0 radical (unpaired) electrons. The fraction of sp³-hybridized carbons (Fsp3) is 0.360. The van der Waals surface area contributed by atoms with Gasteiger partial charge in [-0.15, -0.1) is 32.9 Å². The van der Waals surface area contributed by atoms with Gasteiger partial charge >= 0.3 is 0 Å². The summed E-state index contributed by atoms with van der Waals surface area (Å²) in [7, 11) is 0. The Hall–Kier alpha value is -2.67. The van der Waals surface area contributed by atoms with Gasteiger partial charge in [-0.3, -0.25) is 4.79 Å². The molecule has 0 atom stereocenters. The molecule has 9 heteroatoms. The van der Waals surface area contributed by atoms with Crippen LogP contribution in [0.15, 0.2) is 34.8 Å². The van der Waals surface area contributed by atoms with Crippen molar-refractivity contribution in [2.75, 3.05) is 11.1 Å². The summed E-state index contributed by atoms with van der Waals surface area (Å²) in [6.07, 6.45) is 6.33. The van der Waals surface area contributed by atoms with Crippen molar-refractivity contribution in [2.45, 2.75) is 57.1 Å². The summed E-state index contributed by atoms with van der Waals surface area (Å²) in [5.41, 5.74) is 2.88. The number of amides is 1. The lowest BCUT2D eigenvalue weighted by atomic mass is 10.1. The number of benzene rings is 1. The zero-order valence-electron chi connectivity index (χ0n) is 19.0. The van der Waals surface area contributed by atoms with Gasteiger partial charge in [-0.2, -0.15) is 5.26 Å². The third kappa shape index (κ3) is 4.50. The highest BCUT2D eigenvalue weighted by atomic mass is 32.2. The number of nitrogens with zero attached hydrogens (tertiary/aromatic N) is 4. The molecule has 6 nitrogen and oxygen atoms in total. The van der Waals surface area contributed by atoms with Gasteiger partial charge in [0.25, 0.3) is 0 Å². The van der Waals surface area contributed by atoms with Gasteiger partial charge in [-0.25, -0.2) is 0 Å². The fourth-order valence-electron chi connectivity index (χ4n) is 4.41. The maximum Gasteiger partial charge on any atom is 0.235 e. The van der Waals surface area contributed by atoms with Crippen molar-refractivity contribution in [1.29, 1.82) is 5.26 Å². The van der Waals surface area contributed by atoms with E-state index in [1.807, 2.05) is 12.1 Å². The Morgan fingerprint density at radius 2 is 2.09 bits per heavy atom. The summed E-state index contributed by atoms with van der Waals surface area (Å²) in [6, 6.07) is 10.6. The van der Waals surface area contributed by atoms with Gasteiger partial charge in [-0.05, 0) is 43.7 Å². The van der Waals surface area contributed by atoms with E-state index in [4.69, 9.17) is 0 Å². The Kier molecular flexibility index (Phi) is 6.99. The van der Waals surface area contributed by atoms with Crippen molar-refractivity contribution in [3.8, 4) is 17.5 Å². The quantitative estimate of drug-likeness (QED) is 0.228. The maximum absolute atomic E-state index is 12.8. The van der Waals surface area contributed by atoms with Crippen LogP contribution in [-0.2, 0) is 24.2 Å². The Morgan fingerprint density at radius 3 is 2.94 bits per heavy atom. The summed E-state index contributed by atoms with van der Waals surface area (Å²) in [5.74, 6) is 0.946. The third-order valence-electron chi connectivity index (χ3n) is 6.00. The second kappa shape index (κ2) is 10.3. The minimum Gasteiger partial charge on any atom is -0.316 e. The number of thiophene rings is 2. The van der Waals surface area contributed by atoms with Crippen LogP contribution in [0.4, 0.5) is 5.00 Å². The van der Waals surface area contributed by atoms with Gasteiger partial charge in [0, 0.05) is 32.5 Å². The minimum atomic E-state index is -0.119. The number of nitriles is 1. The molecule has 1 aromatic carbocycles. The highest BCUT2D eigenvalue weighted by Gasteiger charge is 2.22. The molecule has 0 saturated carbocycles. The van der Waals surface area contributed by atoms with Crippen molar-refractivity contribution >= 4 is 55.4 Å². The van der Waals surface area contributed by atoms with Crippen molar-refractivity contribution < 1.29 is 4.79 Å². The standard InChI is InChI=1S/C25H25N5OS3/c1-2-12-30-23(19-14-32-20-10-7-6-9-17(19)20)28-29-25(30)33-15-22(31)27-24-18(13-26)16-8-4-3-5-11-21(16)34-24/h6-7,9-10,14H,2-5,8,11-12,15H2,1H3,(H,27,31). The van der Waals surface area contributed by atoms with Crippen LogP contribution in [-0.4, -0.2) is 26.4 Å². The zero-order chi connectivity index (χ0) is 23.5. The predicted octanol–water partition coefficient (Wildman–Crippen LogP) is 6.50. The third-order valence-corrected chi connectivity index (χ3v) is 9.14. The molecule has 1 aliphatic rings. The molecule has 0 saturated heterocycles. The molecule has 1 N–H and O–H groups in total. The summed E-state index contributed by atoms with van der Waals surface area (Å²) >= 11 is 4.66. The van der Waals surface area contributed by atoms with Crippen LogP contribution in [0.1, 0.15) is 48.6 Å². The fourth-order valence-corrected chi connectivity index (χ4v) is 7.37. The molecule has 0 fully saturated rings. The molecule has 3 heterocycles. The largest absolute Gasteiger partial charge is 0.316 e. The Bertz CT molecular complexity index is 1380. The normalized spacial score (nSPS) is 13.4. The molecule has 1 amide bonds. The van der Waals surface area contributed by atoms with E-state index in [1.165, 1.54) is 33.1 Å². The van der Waals surface area contributed by atoms with E-state index in [0.29, 0.717) is 10.6 Å². The molecule has 5 rings (SSSR count). The lowest BCUT2D eigenvalue weighted by molar-refractivity contribution is -0.113. The van der Waals surface area contributed by atoms with Gasteiger partial charge in [0.05, 0.1) is 11.3 Å². The lowest BCUT2D eigenvalue weighted by Gasteiger charge is -2.09. The number of aromatic nitrogens is 3. The molecular formula is C25H25N5OS3. The monoisotopic (exact) mass is 507 g/mol. The number of fused-ring (bicyclic) bond motifs is 2. The van der Waals surface area contributed by atoms with E-state index in [2.05, 4.69) is 50.6 Å². The van der Waals surface area contributed by atoms with Gasteiger partial charge in [0.2, 0.25) is 5.91 Å². The molecule has 0 aliphatic heterocycles. The first-order chi connectivity index (χ1) is 16.7. The topological polar surface area (TPSA) is 83.6 Å². The SMILES string of the molecule is CCCn1c(SCC(=O)Nc2sc3c(c2C#N)CCCCC3)nnc1-c1csc2ccccc12. The minimum absolute atomic E-state index is 0.119. The number of hydrogen-bond acceptors (Lipinski definition) is 7. The van der Waals surface area contributed by atoms with Crippen LogP contribution in [0.25, 0.3) is 21.5 Å². The average molecular weight is 508 g/mol. The number of anilines is 1. The van der Waals surface area contributed by atoms with Crippen LogP contribution in [0.5, 0.6) is 0 Å². The molecule has 0 unspecified atom stereocenters. The molecule has 1 aliphatic carbocycles. The van der Waals surface area contributed by atoms with Crippen molar-refractivity contribution in [2.24, 2.45) is 0 Å². The number of hydrogen-bond donors (Lipinski definition) is 1. The first-order valence-electron chi connectivity index (χ1n) is 11.6. The summed E-state index contributed by atoms with van der Waals surface area (Å²) < 4.78 is 3.33. The highest BCUT2D eigenvalue weighted by Crippen LogP contribution is 2.37. The van der Waals surface area contributed by atoms with Crippen molar-refractivity contribution in [3.63, 3.8) is 0 Å². The number of nitrogens with one attached hydrogen (secondary N) is 1. The average Bonchev–Trinajstić information content (AvgIpc) is 3.48. The molecular weight excluding hydrogens is 483 g/mol. The van der Waals surface area contributed by atoms with Gasteiger partial charge in [0.15, 0.2) is 11.0 Å². The Labute approximate surface area is 211 Å². The van der Waals surface area contributed by atoms with Gasteiger partial charge in [0.1, 0.15) is 11.1 Å². The first kappa shape index (κ1) is 23.1. The van der Waals surface area contributed by atoms with Crippen molar-refractivity contribution in [3.05, 3.63) is 45.6 Å². The molecule has 0 spiro atoms. The van der Waals surface area contributed by atoms with Crippen LogP contribution >= 0.6 is 34.4 Å². The van der Waals surface area contributed by atoms with Gasteiger partial charge in [-0.1, -0.05) is 43.3 Å². The van der Waals surface area contributed by atoms with E-state index < -0.39 is 0 Å². The molecule has 4 aromatic rings. The molecule has 34 heavy (non-hydrogen) atoms. The van der Waals surface area contributed by atoms with E-state index in [0.717, 1.165) is 60.8 Å². The van der Waals surface area contributed by atoms with Crippen molar-refractivity contribution in [1.82, 2.24) is 14.8 Å². The van der Waals surface area contributed by atoms with Crippen LogP contribution in [0.3, 0.4) is 0 Å². The second-order valence-corrected chi connectivity index (χ2v) is 11.3. The van der Waals surface area contributed by atoms with E-state index in [-0.39, 0.29) is 11.7 Å². The molecule has 0 bridgehead atoms. The van der Waals surface area contributed by atoms with Crippen LogP contribution < -0.4 is 5.32 Å². The number of carbonyl (C=O) groups excluding carboxylic acids is 1. The predicted molar refractivity (Wildman–Crippen MR) is 141 cm³/mol. The number of rotatable bonds is 7. The summed E-state index contributed by atoms with van der Waals surface area (Å²) in [4.78, 5) is 14.1. The molecule has 3 aromatic heterocycles. The van der Waals surface area contributed by atoms with Crippen LogP contribution in [0.2, 0.25) is 0 Å². The number of carbonyl (C=O) groups is 1. The zero-order valence-corrected chi connectivity index (χ0v) is 21.4.